The number of aliphatic hydroxyl groups excluding tert-OH is 3. The summed E-state index contributed by atoms with van der Waals surface area (Å²) in [5, 5.41) is 29.3. The van der Waals surface area contributed by atoms with E-state index in [0.717, 1.165) is 0 Å². The van der Waals surface area contributed by atoms with Crippen LogP contribution in [-0.4, -0.2) is 54.8 Å². The van der Waals surface area contributed by atoms with Gasteiger partial charge >= 0.3 is 5.65 Å². The van der Waals surface area contributed by atoms with Crippen molar-refractivity contribution in [3.8, 4) is 0 Å². The van der Waals surface area contributed by atoms with Crippen LogP contribution in [0, 0.1) is 0 Å². The molecule has 3 heterocycles. The highest BCUT2D eigenvalue weighted by atomic mass is 35.5. The van der Waals surface area contributed by atoms with Gasteiger partial charge in [0.2, 0.25) is 11.7 Å². The third-order valence-corrected chi connectivity index (χ3v) is 3.79. The summed E-state index contributed by atoms with van der Waals surface area (Å²) >= 11 is 6.05. The minimum Gasteiger partial charge on any atom is -0.394 e. The summed E-state index contributed by atoms with van der Waals surface area (Å²) in [4.78, 5) is 7.97. The molecule has 4 atom stereocenters. The molecule has 0 amide bonds. The highest BCUT2D eigenvalue weighted by Gasteiger charge is 2.46. The maximum atomic E-state index is 10.1. The normalized spacial score (nSPS) is 29.4. The fraction of sp³-hybridized carbons (Fsp3) is 0.545. The number of aliphatic hydroxyl groups is 3. The first-order valence-electron chi connectivity index (χ1n) is 6.25. The van der Waals surface area contributed by atoms with Crippen molar-refractivity contribution in [3.05, 3.63) is 11.5 Å². The summed E-state index contributed by atoms with van der Waals surface area (Å²) in [6, 6.07) is 0. The molecule has 2 aromatic heterocycles. The molecule has 5 N–H and O–H groups in total. The first-order valence-corrected chi connectivity index (χ1v) is 6.63. The van der Waals surface area contributed by atoms with Crippen molar-refractivity contribution in [2.24, 2.45) is 7.05 Å². The molecule has 0 aromatic carbocycles. The SMILES string of the molecule is Cn1c[n+]([C@@H]2O[C@H](CO)[C@H](O)C2O)c2nc(N)nc(Cl)c21. The lowest BCUT2D eigenvalue weighted by atomic mass is 10.1. The quantitative estimate of drug-likeness (QED) is 0.376. The minimum atomic E-state index is -1.22. The summed E-state index contributed by atoms with van der Waals surface area (Å²) in [6.07, 6.45) is -2.59. The summed E-state index contributed by atoms with van der Waals surface area (Å²) < 4.78 is 8.64. The molecular formula is C11H15ClN5O4+. The molecule has 114 valence electrons. The lowest BCUT2D eigenvalue weighted by Crippen LogP contribution is -2.46. The van der Waals surface area contributed by atoms with Gasteiger partial charge < -0.3 is 25.8 Å². The van der Waals surface area contributed by atoms with Crippen LogP contribution in [0.4, 0.5) is 5.95 Å². The molecule has 21 heavy (non-hydrogen) atoms. The van der Waals surface area contributed by atoms with Crippen molar-refractivity contribution in [2.75, 3.05) is 12.3 Å². The van der Waals surface area contributed by atoms with Gasteiger partial charge in [-0.05, 0) is 0 Å². The molecule has 10 heteroatoms. The van der Waals surface area contributed by atoms with E-state index in [1.54, 1.807) is 17.9 Å². The van der Waals surface area contributed by atoms with Crippen LogP contribution in [0.5, 0.6) is 0 Å². The van der Waals surface area contributed by atoms with Gasteiger partial charge in [-0.1, -0.05) is 16.6 Å². The maximum absolute atomic E-state index is 10.1. The number of ether oxygens (including phenoxy) is 1. The van der Waals surface area contributed by atoms with Crippen LogP contribution in [-0.2, 0) is 11.8 Å². The number of fused-ring (bicyclic) bond motifs is 1. The second-order valence-corrected chi connectivity index (χ2v) is 5.27. The van der Waals surface area contributed by atoms with E-state index < -0.39 is 31.1 Å². The molecule has 9 nitrogen and oxygen atoms in total. The van der Waals surface area contributed by atoms with Crippen LogP contribution in [0.1, 0.15) is 6.23 Å². The Kier molecular flexibility index (Phi) is 3.46. The number of hydrogen-bond acceptors (Lipinski definition) is 7. The van der Waals surface area contributed by atoms with Crippen LogP contribution >= 0.6 is 11.6 Å². The summed E-state index contributed by atoms with van der Waals surface area (Å²) in [5.41, 5.74) is 6.48. The molecule has 3 rings (SSSR count). The van der Waals surface area contributed by atoms with Gasteiger partial charge in [-0.2, -0.15) is 4.98 Å². The van der Waals surface area contributed by atoms with Crippen molar-refractivity contribution < 1.29 is 24.6 Å². The maximum Gasteiger partial charge on any atom is 0.311 e. The van der Waals surface area contributed by atoms with Crippen molar-refractivity contribution in [3.63, 3.8) is 0 Å². The zero-order valence-electron chi connectivity index (χ0n) is 11.1. The van der Waals surface area contributed by atoms with Gasteiger partial charge in [-0.25, -0.2) is 4.57 Å². The third kappa shape index (κ3) is 2.14. The Balaban J connectivity index is 2.13. The Bertz CT molecular complexity index is 693. The molecule has 0 aliphatic carbocycles. The lowest BCUT2D eigenvalue weighted by Gasteiger charge is -2.12. The van der Waals surface area contributed by atoms with E-state index in [1.807, 2.05) is 0 Å². The number of hydrogen-bond donors (Lipinski definition) is 4. The third-order valence-electron chi connectivity index (χ3n) is 3.53. The molecule has 1 fully saturated rings. The highest BCUT2D eigenvalue weighted by molar-refractivity contribution is 6.33. The van der Waals surface area contributed by atoms with Gasteiger partial charge in [-0.3, -0.25) is 4.57 Å². The van der Waals surface area contributed by atoms with Crippen LogP contribution in [0.2, 0.25) is 5.15 Å². The molecule has 0 saturated carbocycles. The van der Waals surface area contributed by atoms with Crippen molar-refractivity contribution >= 4 is 28.7 Å². The molecule has 1 saturated heterocycles. The van der Waals surface area contributed by atoms with Gasteiger partial charge in [0.15, 0.2) is 11.5 Å². The Morgan fingerprint density at radius 2 is 2.14 bits per heavy atom. The Hall–Kier alpha value is -1.52. The predicted octanol–water partition coefficient (Wildman–Crippen LogP) is -1.90. The predicted molar refractivity (Wildman–Crippen MR) is 71.1 cm³/mol. The number of nitrogens with two attached hydrogens (primary N) is 1. The molecule has 0 spiro atoms. The number of nitrogen functional groups attached to an aromatic ring is 1. The zero-order chi connectivity index (χ0) is 15.3. The second kappa shape index (κ2) is 5.04. The zero-order valence-corrected chi connectivity index (χ0v) is 11.8. The van der Waals surface area contributed by atoms with E-state index in [0.29, 0.717) is 11.2 Å². The minimum absolute atomic E-state index is 0.0146. The summed E-state index contributed by atoms with van der Waals surface area (Å²) in [6.45, 7) is -0.405. The van der Waals surface area contributed by atoms with Crippen LogP contribution in [0.3, 0.4) is 0 Å². The summed E-state index contributed by atoms with van der Waals surface area (Å²) in [5.74, 6) is -0.0146. The first kappa shape index (κ1) is 14.4. The van der Waals surface area contributed by atoms with Crippen molar-refractivity contribution in [1.29, 1.82) is 0 Å². The molecule has 0 bridgehead atoms. The second-order valence-electron chi connectivity index (χ2n) is 4.91. The molecule has 1 aliphatic rings. The van der Waals surface area contributed by atoms with Gasteiger partial charge in [-0.15, -0.1) is 0 Å². The number of nitrogens with zero attached hydrogens (tertiary/aromatic N) is 4. The van der Waals surface area contributed by atoms with Gasteiger partial charge in [0.1, 0.15) is 18.3 Å². The van der Waals surface area contributed by atoms with E-state index >= 15 is 0 Å². The standard InChI is InChI=1S/C11H15ClN5O4/c1-16-3-17(9-5(16)8(12)14-11(13)15-9)10-7(20)6(19)4(2-18)21-10/h3-4,6-7,10,18-20H,2H2,1H3,(H2,13,14,15)/q+1/t4-,6+,7?,10-/m1/s1. The average Bonchev–Trinajstić information content (AvgIpc) is 2.89. The number of aryl methyl sites for hydroxylation is 1. The number of imidazole rings is 1. The molecule has 1 unspecified atom stereocenters. The number of halogens is 1. The molecule has 0 radical (unpaired) electrons. The number of anilines is 1. The van der Waals surface area contributed by atoms with Crippen LogP contribution in [0.15, 0.2) is 6.33 Å². The van der Waals surface area contributed by atoms with E-state index in [-0.39, 0.29) is 11.1 Å². The Morgan fingerprint density at radius 3 is 2.76 bits per heavy atom. The average molecular weight is 317 g/mol. The van der Waals surface area contributed by atoms with Crippen molar-refractivity contribution in [1.82, 2.24) is 14.5 Å². The lowest BCUT2D eigenvalue weighted by molar-refractivity contribution is -0.745. The number of rotatable bonds is 2. The van der Waals surface area contributed by atoms with Crippen LogP contribution < -0.4 is 10.3 Å². The monoisotopic (exact) mass is 316 g/mol. The molecule has 2 aromatic rings. The fourth-order valence-electron chi connectivity index (χ4n) is 2.51. The smallest absolute Gasteiger partial charge is 0.311 e. The highest BCUT2D eigenvalue weighted by Crippen LogP contribution is 2.27. The van der Waals surface area contributed by atoms with Crippen molar-refractivity contribution in [2.45, 2.75) is 24.5 Å². The van der Waals surface area contributed by atoms with E-state index in [9.17, 15) is 10.2 Å². The Labute approximate surface area is 124 Å². The van der Waals surface area contributed by atoms with E-state index in [1.165, 1.54) is 4.57 Å². The number of aromatic nitrogens is 4. The van der Waals surface area contributed by atoms with E-state index in [2.05, 4.69) is 9.97 Å². The topological polar surface area (TPSA) is 131 Å². The molecular weight excluding hydrogens is 302 g/mol. The van der Waals surface area contributed by atoms with Crippen LogP contribution in [0.25, 0.3) is 11.2 Å². The van der Waals surface area contributed by atoms with Gasteiger partial charge in [0, 0.05) is 0 Å². The van der Waals surface area contributed by atoms with Gasteiger partial charge in [0.25, 0.3) is 5.95 Å². The summed E-state index contributed by atoms with van der Waals surface area (Å²) in [7, 11) is 1.73. The first-order chi connectivity index (χ1) is 9.93. The Morgan fingerprint density at radius 1 is 1.43 bits per heavy atom. The van der Waals surface area contributed by atoms with Gasteiger partial charge in [0.05, 0.1) is 13.7 Å². The van der Waals surface area contributed by atoms with E-state index in [4.69, 9.17) is 27.2 Å². The largest absolute Gasteiger partial charge is 0.394 e. The fourth-order valence-corrected chi connectivity index (χ4v) is 2.82. The molecule has 1 aliphatic heterocycles.